The van der Waals surface area contributed by atoms with Gasteiger partial charge in [0.15, 0.2) is 0 Å². The average Bonchev–Trinajstić information content (AvgIpc) is 3.43. The first-order valence-corrected chi connectivity index (χ1v) is 11.1. The van der Waals surface area contributed by atoms with Crippen molar-refractivity contribution < 1.29 is 4.79 Å². The highest BCUT2D eigenvalue weighted by Gasteiger charge is 2.33. The van der Waals surface area contributed by atoms with E-state index >= 15 is 0 Å². The Kier molecular flexibility index (Phi) is 5.08. The Balaban J connectivity index is 1.31. The molecule has 1 unspecified atom stereocenters. The van der Waals surface area contributed by atoms with Crippen LogP contribution in [-0.2, 0) is 13.1 Å². The number of fused-ring (bicyclic) bond motifs is 1. The third-order valence-corrected chi connectivity index (χ3v) is 7.00. The molecule has 0 bridgehead atoms. The van der Waals surface area contributed by atoms with Gasteiger partial charge in [-0.2, -0.15) is 0 Å². The predicted molar refractivity (Wildman–Crippen MR) is 110 cm³/mol. The predicted octanol–water partition coefficient (Wildman–Crippen LogP) is 2.76. The quantitative estimate of drug-likeness (QED) is 0.801. The third-order valence-electron chi connectivity index (χ3n) is 7.00. The minimum atomic E-state index is 0.0890. The molecule has 0 aromatic carbocycles. The first-order chi connectivity index (χ1) is 14.2. The summed E-state index contributed by atoms with van der Waals surface area (Å²) in [5.74, 6) is 2.53. The van der Waals surface area contributed by atoms with Crippen molar-refractivity contribution in [2.75, 3.05) is 19.6 Å². The third kappa shape index (κ3) is 3.56. The highest BCUT2D eigenvalue weighted by atomic mass is 16.2. The molecule has 0 spiro atoms. The van der Waals surface area contributed by atoms with E-state index in [9.17, 15) is 4.79 Å². The lowest BCUT2D eigenvalue weighted by atomic mass is 9.96. The molecule has 4 heterocycles. The van der Waals surface area contributed by atoms with Crippen molar-refractivity contribution in [1.29, 1.82) is 0 Å². The van der Waals surface area contributed by atoms with E-state index in [4.69, 9.17) is 0 Å². The molecule has 0 N–H and O–H groups in total. The Morgan fingerprint density at radius 3 is 2.76 bits per heavy atom. The van der Waals surface area contributed by atoms with E-state index in [0.29, 0.717) is 5.56 Å². The number of nitrogens with zero attached hydrogens (tertiary/aromatic N) is 6. The summed E-state index contributed by atoms with van der Waals surface area (Å²) in [7, 11) is 0. The Morgan fingerprint density at radius 2 is 1.93 bits per heavy atom. The number of pyridine rings is 1. The summed E-state index contributed by atoms with van der Waals surface area (Å²) in [6.45, 7) is 6.48. The topological polar surface area (TPSA) is 67.2 Å². The number of rotatable bonds is 3. The number of aromatic nitrogens is 4. The lowest BCUT2D eigenvalue weighted by Gasteiger charge is -2.35. The monoisotopic (exact) mass is 394 g/mol. The number of amides is 1. The summed E-state index contributed by atoms with van der Waals surface area (Å²) < 4.78 is 2.33. The van der Waals surface area contributed by atoms with Crippen LogP contribution >= 0.6 is 0 Å². The van der Waals surface area contributed by atoms with E-state index in [0.717, 1.165) is 68.8 Å². The maximum absolute atomic E-state index is 13.1. The molecule has 2 aromatic rings. The van der Waals surface area contributed by atoms with Crippen molar-refractivity contribution >= 4 is 5.91 Å². The molecule has 2 fully saturated rings. The summed E-state index contributed by atoms with van der Waals surface area (Å²) in [5.41, 5.74) is 1.70. The summed E-state index contributed by atoms with van der Waals surface area (Å²) in [6, 6.07) is 2.63. The van der Waals surface area contributed by atoms with Gasteiger partial charge in [0, 0.05) is 50.5 Å². The van der Waals surface area contributed by atoms with Crippen LogP contribution in [0, 0.1) is 6.92 Å². The lowest BCUT2D eigenvalue weighted by Crippen LogP contribution is -2.42. The number of piperidine rings is 1. The first-order valence-electron chi connectivity index (χ1n) is 11.1. The molecule has 1 saturated carbocycles. The van der Waals surface area contributed by atoms with Gasteiger partial charge in [0.05, 0.1) is 12.1 Å². The molecule has 154 valence electrons. The Labute approximate surface area is 172 Å². The molecule has 0 radical (unpaired) electrons. The number of aryl methyl sites for hydroxylation is 1. The van der Waals surface area contributed by atoms with Crippen LogP contribution in [0.3, 0.4) is 0 Å². The van der Waals surface area contributed by atoms with Crippen LogP contribution in [-0.4, -0.2) is 61.1 Å². The van der Waals surface area contributed by atoms with Crippen LogP contribution in [0.4, 0.5) is 0 Å². The summed E-state index contributed by atoms with van der Waals surface area (Å²) >= 11 is 0. The van der Waals surface area contributed by atoms with Crippen LogP contribution in [0.15, 0.2) is 18.5 Å². The van der Waals surface area contributed by atoms with Crippen molar-refractivity contribution in [2.45, 2.75) is 70.5 Å². The number of carbonyl (C=O) groups is 1. The Hall–Kier alpha value is -2.28. The minimum Gasteiger partial charge on any atom is -0.338 e. The molecular formula is C22H30N6O. The highest BCUT2D eigenvalue weighted by Crippen LogP contribution is 2.31. The van der Waals surface area contributed by atoms with Crippen LogP contribution in [0.25, 0.3) is 0 Å². The maximum Gasteiger partial charge on any atom is 0.255 e. The normalized spacial score (nSPS) is 23.3. The van der Waals surface area contributed by atoms with Crippen LogP contribution in [0.5, 0.6) is 0 Å². The van der Waals surface area contributed by atoms with E-state index < -0.39 is 0 Å². The molecule has 2 aromatic heterocycles. The minimum absolute atomic E-state index is 0.0890. The first kappa shape index (κ1) is 18.7. The van der Waals surface area contributed by atoms with Gasteiger partial charge in [-0.25, -0.2) is 0 Å². The second-order valence-electron chi connectivity index (χ2n) is 8.82. The van der Waals surface area contributed by atoms with Gasteiger partial charge >= 0.3 is 0 Å². The Morgan fingerprint density at radius 1 is 1.07 bits per heavy atom. The van der Waals surface area contributed by atoms with E-state index in [1.54, 1.807) is 12.4 Å². The van der Waals surface area contributed by atoms with Crippen molar-refractivity contribution in [3.8, 4) is 0 Å². The zero-order valence-corrected chi connectivity index (χ0v) is 17.3. The summed E-state index contributed by atoms with van der Waals surface area (Å²) in [5, 5.41) is 9.16. The van der Waals surface area contributed by atoms with Crippen molar-refractivity contribution in [3.05, 3.63) is 41.2 Å². The van der Waals surface area contributed by atoms with Gasteiger partial charge in [0.2, 0.25) is 0 Å². The van der Waals surface area contributed by atoms with Crippen molar-refractivity contribution in [3.63, 3.8) is 0 Å². The standard InChI is InChI=1S/C22H30N6O/c1-16-8-9-23-13-19(16)22(29)27-10-4-5-17(14-27)21-25-24-20-15-26(11-12-28(20)21)18-6-2-3-7-18/h8-9,13,17-18H,2-7,10-12,14-15H2,1H3. The van der Waals surface area contributed by atoms with Gasteiger partial charge in [-0.1, -0.05) is 12.8 Å². The average molecular weight is 395 g/mol. The molecule has 2 aliphatic heterocycles. The molecule has 5 rings (SSSR count). The fourth-order valence-corrected chi connectivity index (χ4v) is 5.31. The van der Waals surface area contributed by atoms with Gasteiger partial charge in [0.25, 0.3) is 5.91 Å². The van der Waals surface area contributed by atoms with E-state index in [-0.39, 0.29) is 11.8 Å². The summed E-state index contributed by atoms with van der Waals surface area (Å²) in [6.07, 6.45) is 10.9. The van der Waals surface area contributed by atoms with Gasteiger partial charge < -0.3 is 9.47 Å². The second-order valence-corrected chi connectivity index (χ2v) is 8.82. The van der Waals surface area contributed by atoms with Crippen LogP contribution in [0.1, 0.15) is 72.0 Å². The van der Waals surface area contributed by atoms with E-state index in [2.05, 4.69) is 24.6 Å². The SMILES string of the molecule is Cc1ccncc1C(=O)N1CCCC(c2nnc3n2CCN(C2CCCC2)C3)C1. The molecule has 1 aliphatic carbocycles. The van der Waals surface area contributed by atoms with Crippen molar-refractivity contribution in [2.24, 2.45) is 0 Å². The molecule has 1 saturated heterocycles. The molecule has 29 heavy (non-hydrogen) atoms. The fraction of sp³-hybridized carbons (Fsp3) is 0.636. The van der Waals surface area contributed by atoms with Crippen LogP contribution in [0.2, 0.25) is 0 Å². The van der Waals surface area contributed by atoms with E-state index in [1.807, 2.05) is 17.9 Å². The highest BCUT2D eigenvalue weighted by molar-refractivity contribution is 5.95. The molecule has 7 heteroatoms. The lowest BCUT2D eigenvalue weighted by molar-refractivity contribution is 0.0700. The van der Waals surface area contributed by atoms with Gasteiger partial charge in [-0.15, -0.1) is 10.2 Å². The van der Waals surface area contributed by atoms with Gasteiger partial charge in [-0.3, -0.25) is 14.7 Å². The number of likely N-dealkylation sites (tertiary alicyclic amines) is 1. The molecule has 7 nitrogen and oxygen atoms in total. The molecular weight excluding hydrogens is 364 g/mol. The number of hydrogen-bond acceptors (Lipinski definition) is 5. The molecule has 1 amide bonds. The zero-order valence-electron chi connectivity index (χ0n) is 17.3. The Bertz CT molecular complexity index is 887. The maximum atomic E-state index is 13.1. The largest absolute Gasteiger partial charge is 0.338 e. The van der Waals surface area contributed by atoms with Gasteiger partial charge in [-0.05, 0) is 44.2 Å². The molecule has 3 aliphatic rings. The van der Waals surface area contributed by atoms with Crippen LogP contribution < -0.4 is 0 Å². The van der Waals surface area contributed by atoms with Crippen molar-refractivity contribution in [1.82, 2.24) is 29.5 Å². The fourth-order valence-electron chi connectivity index (χ4n) is 5.31. The summed E-state index contributed by atoms with van der Waals surface area (Å²) in [4.78, 5) is 21.8. The smallest absolute Gasteiger partial charge is 0.255 e. The second kappa shape index (κ2) is 7.86. The molecule has 1 atom stereocenters. The van der Waals surface area contributed by atoms with E-state index in [1.165, 1.54) is 25.7 Å². The number of carbonyl (C=O) groups excluding carboxylic acids is 1. The zero-order chi connectivity index (χ0) is 19.8. The van der Waals surface area contributed by atoms with Gasteiger partial charge in [0.1, 0.15) is 11.6 Å². The number of hydrogen-bond donors (Lipinski definition) is 0.